The Morgan fingerprint density at radius 2 is 1.77 bits per heavy atom. The maximum absolute atomic E-state index is 14.7. The highest BCUT2D eigenvalue weighted by Crippen LogP contribution is 2.63. The molecule has 1 N–H and O–H groups in total. The van der Waals surface area contributed by atoms with Crippen LogP contribution in [0.25, 0.3) is 0 Å². The quantitative estimate of drug-likeness (QED) is 0.356. The first-order chi connectivity index (χ1) is 18.1. The van der Waals surface area contributed by atoms with Crippen molar-refractivity contribution in [2.75, 3.05) is 32.8 Å². The van der Waals surface area contributed by atoms with Crippen LogP contribution in [0.3, 0.4) is 0 Å². The Hall–Kier alpha value is -2.19. The number of rotatable bonds is 13. The number of aliphatic hydroxyl groups excluding tert-OH is 1. The van der Waals surface area contributed by atoms with Gasteiger partial charge in [-0.25, -0.2) is 0 Å². The molecular formula is C31H51N3O5. The number of carbonyl (C=O) groups is 3. The van der Waals surface area contributed by atoms with Gasteiger partial charge < -0.3 is 24.5 Å². The minimum Gasteiger partial charge on any atom is -0.396 e. The average Bonchev–Trinajstić information content (AvgIpc) is 3.39. The van der Waals surface area contributed by atoms with Gasteiger partial charge in [0.15, 0.2) is 0 Å². The maximum Gasteiger partial charge on any atom is 0.249 e. The normalized spacial score (nSPS) is 29.9. The highest BCUT2D eigenvalue weighted by Gasteiger charge is 2.78. The molecule has 2 bridgehead atoms. The lowest BCUT2D eigenvalue weighted by Crippen LogP contribution is -2.61. The minimum absolute atomic E-state index is 0.0344. The van der Waals surface area contributed by atoms with Crippen LogP contribution in [0, 0.1) is 17.3 Å². The summed E-state index contributed by atoms with van der Waals surface area (Å²) in [5.74, 6) is -1.91. The van der Waals surface area contributed by atoms with Crippen molar-refractivity contribution >= 4 is 17.7 Å². The summed E-state index contributed by atoms with van der Waals surface area (Å²) in [6.45, 7) is 23.7. The van der Waals surface area contributed by atoms with Crippen LogP contribution in [0.4, 0.5) is 0 Å². The summed E-state index contributed by atoms with van der Waals surface area (Å²) >= 11 is 0. The fraction of sp³-hybridized carbons (Fsp3) is 0.774. The van der Waals surface area contributed by atoms with Gasteiger partial charge in [0.1, 0.15) is 11.6 Å². The SMILES string of the molecule is C=CCN(CCC)C(=O)[C@@H]1[C@H]2C(=O)N(CCCO)C(C(=O)N(CC=C)C(C)(C)CC(C)(C)C)C23CC[C@@]1(C)O3. The molecule has 0 aromatic carbocycles. The summed E-state index contributed by atoms with van der Waals surface area (Å²) in [5, 5.41) is 9.64. The summed E-state index contributed by atoms with van der Waals surface area (Å²) in [6.07, 6.45) is 6.46. The highest BCUT2D eigenvalue weighted by molar-refractivity contribution is 5.99. The number of likely N-dealkylation sites (tertiary alicyclic amines) is 1. The Labute approximate surface area is 235 Å². The summed E-state index contributed by atoms with van der Waals surface area (Å²) in [4.78, 5) is 48.1. The average molecular weight is 546 g/mol. The van der Waals surface area contributed by atoms with Crippen molar-refractivity contribution in [1.82, 2.24) is 14.7 Å². The van der Waals surface area contributed by atoms with E-state index in [0.29, 0.717) is 38.9 Å². The van der Waals surface area contributed by atoms with E-state index < -0.39 is 34.6 Å². The Kier molecular flexibility index (Phi) is 9.13. The first-order valence-corrected chi connectivity index (χ1v) is 14.6. The molecule has 0 aromatic rings. The first kappa shape index (κ1) is 31.3. The molecule has 220 valence electrons. The van der Waals surface area contributed by atoms with Gasteiger partial charge >= 0.3 is 0 Å². The van der Waals surface area contributed by atoms with Crippen LogP contribution in [0.1, 0.15) is 80.6 Å². The number of aliphatic hydroxyl groups is 1. The molecule has 3 heterocycles. The van der Waals surface area contributed by atoms with Gasteiger partial charge in [0, 0.05) is 38.3 Å². The molecule has 3 saturated heterocycles. The van der Waals surface area contributed by atoms with Gasteiger partial charge in [-0.15, -0.1) is 13.2 Å². The number of hydrogen-bond acceptors (Lipinski definition) is 5. The summed E-state index contributed by atoms with van der Waals surface area (Å²) < 4.78 is 6.80. The number of ether oxygens (including phenoxy) is 1. The lowest BCUT2D eigenvalue weighted by atomic mass is 9.66. The van der Waals surface area contributed by atoms with Crippen LogP contribution in [-0.2, 0) is 19.1 Å². The van der Waals surface area contributed by atoms with E-state index in [0.717, 1.165) is 12.8 Å². The van der Waals surface area contributed by atoms with Gasteiger partial charge in [0.05, 0.1) is 17.4 Å². The zero-order chi connectivity index (χ0) is 29.4. The fourth-order valence-corrected chi connectivity index (χ4v) is 7.78. The Bertz CT molecular complexity index is 972. The van der Waals surface area contributed by atoms with Crippen LogP contribution in [-0.4, -0.2) is 93.1 Å². The smallest absolute Gasteiger partial charge is 0.249 e. The third-order valence-electron chi connectivity index (χ3n) is 8.76. The second-order valence-electron chi connectivity index (χ2n) is 13.7. The Balaban J connectivity index is 2.11. The first-order valence-electron chi connectivity index (χ1n) is 14.6. The van der Waals surface area contributed by atoms with Crippen LogP contribution < -0.4 is 0 Å². The molecule has 5 atom stereocenters. The van der Waals surface area contributed by atoms with E-state index in [1.807, 2.05) is 18.7 Å². The van der Waals surface area contributed by atoms with Crippen molar-refractivity contribution in [2.24, 2.45) is 17.3 Å². The van der Waals surface area contributed by atoms with E-state index >= 15 is 0 Å². The summed E-state index contributed by atoms with van der Waals surface area (Å²) in [7, 11) is 0. The monoisotopic (exact) mass is 545 g/mol. The zero-order valence-electron chi connectivity index (χ0n) is 25.3. The molecule has 1 spiro atoms. The molecule has 0 aliphatic carbocycles. The van der Waals surface area contributed by atoms with Crippen molar-refractivity contribution in [3.05, 3.63) is 25.3 Å². The van der Waals surface area contributed by atoms with Crippen LogP contribution in [0.5, 0.6) is 0 Å². The standard InChI is InChI=1S/C31H51N3O5/c1-10-16-32(17-11-2)25(36)22-23-26(37)33(19-13-20-35)24(31(23)15-14-30(22,9)39-31)27(38)34(18-12-3)29(7,8)21-28(4,5)6/h10,12,22-24,35H,1,3,11,13-21H2,2,4-9H3/t22-,23-,24?,30+,31?/m0/s1. The second kappa shape index (κ2) is 11.4. The van der Waals surface area contributed by atoms with Crippen molar-refractivity contribution < 1.29 is 24.2 Å². The van der Waals surface area contributed by atoms with Crippen molar-refractivity contribution in [2.45, 2.75) is 103 Å². The van der Waals surface area contributed by atoms with Gasteiger partial charge in [-0.3, -0.25) is 14.4 Å². The lowest BCUT2D eigenvalue weighted by Gasteiger charge is -2.45. The van der Waals surface area contributed by atoms with Crippen LogP contribution in [0.15, 0.2) is 25.3 Å². The van der Waals surface area contributed by atoms with Gasteiger partial charge in [-0.05, 0) is 58.3 Å². The Morgan fingerprint density at radius 1 is 1.13 bits per heavy atom. The molecule has 3 aliphatic heterocycles. The molecular weight excluding hydrogens is 494 g/mol. The molecule has 3 aliphatic rings. The van der Waals surface area contributed by atoms with Crippen LogP contribution in [0.2, 0.25) is 0 Å². The molecule has 3 fully saturated rings. The molecule has 0 saturated carbocycles. The molecule has 8 heteroatoms. The number of nitrogens with zero attached hydrogens (tertiary/aromatic N) is 3. The molecule has 3 amide bonds. The number of fused-ring (bicyclic) bond motifs is 1. The minimum atomic E-state index is -1.08. The van der Waals surface area contributed by atoms with Gasteiger partial charge in [-0.1, -0.05) is 39.8 Å². The number of amides is 3. The van der Waals surface area contributed by atoms with Gasteiger partial charge in [0.25, 0.3) is 0 Å². The largest absolute Gasteiger partial charge is 0.396 e. The van der Waals surface area contributed by atoms with Crippen molar-refractivity contribution in [3.8, 4) is 0 Å². The molecule has 2 unspecified atom stereocenters. The number of hydrogen-bond donors (Lipinski definition) is 1. The van der Waals surface area contributed by atoms with Gasteiger partial charge in [0.2, 0.25) is 17.7 Å². The topological polar surface area (TPSA) is 90.4 Å². The van der Waals surface area contributed by atoms with Gasteiger partial charge in [-0.2, -0.15) is 0 Å². The summed E-state index contributed by atoms with van der Waals surface area (Å²) in [5.41, 5.74) is -2.45. The molecule has 3 rings (SSSR count). The fourth-order valence-electron chi connectivity index (χ4n) is 7.78. The van der Waals surface area contributed by atoms with E-state index in [1.54, 1.807) is 22.0 Å². The predicted molar refractivity (Wildman–Crippen MR) is 153 cm³/mol. The predicted octanol–water partition coefficient (Wildman–Crippen LogP) is 3.79. The van der Waals surface area contributed by atoms with Crippen LogP contribution >= 0.6 is 0 Å². The Morgan fingerprint density at radius 3 is 2.31 bits per heavy atom. The number of carbonyl (C=O) groups excluding carboxylic acids is 3. The third kappa shape index (κ3) is 5.56. The maximum atomic E-state index is 14.7. The van der Waals surface area contributed by atoms with E-state index in [-0.39, 0.29) is 36.3 Å². The van der Waals surface area contributed by atoms with E-state index in [9.17, 15) is 19.5 Å². The molecule has 0 radical (unpaired) electrons. The molecule has 8 nitrogen and oxygen atoms in total. The van der Waals surface area contributed by atoms with E-state index in [2.05, 4.69) is 47.8 Å². The van der Waals surface area contributed by atoms with E-state index in [4.69, 9.17) is 4.74 Å². The van der Waals surface area contributed by atoms with Crippen molar-refractivity contribution in [1.29, 1.82) is 0 Å². The molecule has 39 heavy (non-hydrogen) atoms. The third-order valence-corrected chi connectivity index (χ3v) is 8.76. The zero-order valence-corrected chi connectivity index (χ0v) is 25.3. The van der Waals surface area contributed by atoms with Crippen molar-refractivity contribution in [3.63, 3.8) is 0 Å². The second-order valence-corrected chi connectivity index (χ2v) is 13.7. The highest BCUT2D eigenvalue weighted by atomic mass is 16.5. The summed E-state index contributed by atoms with van der Waals surface area (Å²) in [6, 6.07) is -0.862. The lowest BCUT2D eigenvalue weighted by molar-refractivity contribution is -0.157. The van der Waals surface area contributed by atoms with E-state index in [1.165, 1.54) is 0 Å². The molecule has 0 aromatic heterocycles.